The lowest BCUT2D eigenvalue weighted by Crippen LogP contribution is -2.53. The molecule has 1 aromatic carbocycles. The van der Waals surface area contributed by atoms with E-state index in [-0.39, 0.29) is 28.8 Å². The van der Waals surface area contributed by atoms with Crippen molar-refractivity contribution in [2.75, 3.05) is 5.75 Å². The molecule has 0 aliphatic heterocycles. The molecule has 0 saturated heterocycles. The van der Waals surface area contributed by atoms with Crippen LogP contribution in [0.3, 0.4) is 0 Å². The Bertz CT molecular complexity index is 946. The van der Waals surface area contributed by atoms with Crippen LogP contribution in [-0.4, -0.2) is 45.4 Å². The molecule has 35 heavy (non-hydrogen) atoms. The van der Waals surface area contributed by atoms with Crippen molar-refractivity contribution in [3.05, 3.63) is 66.0 Å². The minimum absolute atomic E-state index is 0.0504. The monoisotopic (exact) mass is 499 g/mol. The summed E-state index contributed by atoms with van der Waals surface area (Å²) in [4.78, 5) is 42.8. The summed E-state index contributed by atoms with van der Waals surface area (Å²) in [5.41, 5.74) is 1.70. The van der Waals surface area contributed by atoms with Gasteiger partial charge in [0, 0.05) is 22.7 Å². The lowest BCUT2D eigenvalue weighted by molar-refractivity contribution is -0.128. The normalized spacial score (nSPS) is 13.1. The lowest BCUT2D eigenvalue weighted by atomic mass is 10.00. The number of aromatic nitrogens is 1. The van der Waals surface area contributed by atoms with Gasteiger partial charge in [0.2, 0.25) is 5.91 Å². The predicted octanol–water partition coefficient (Wildman–Crippen LogP) is 4.55. The molecule has 1 aromatic heterocycles. The second-order valence-corrected chi connectivity index (χ2v) is 11.7. The number of alkyl carbamates (subject to hydrolysis) is 1. The van der Waals surface area contributed by atoms with E-state index in [0.717, 1.165) is 11.1 Å². The minimum Gasteiger partial charge on any atom is -0.445 e. The van der Waals surface area contributed by atoms with Crippen LogP contribution in [0.4, 0.5) is 4.79 Å². The summed E-state index contributed by atoms with van der Waals surface area (Å²) >= 11 is 1.55. The molecular formula is C27H37N3O4S. The quantitative estimate of drug-likeness (QED) is 0.445. The van der Waals surface area contributed by atoms with Crippen molar-refractivity contribution < 1.29 is 19.1 Å². The first-order valence-electron chi connectivity index (χ1n) is 11.9. The number of ether oxygens (including phenoxy) is 1. The molecule has 2 amide bonds. The van der Waals surface area contributed by atoms with Gasteiger partial charge in [-0.1, -0.05) is 71.0 Å². The number of thioether (sulfide) groups is 1. The fraction of sp³-hybridized carbons (Fsp3) is 0.481. The first kappa shape index (κ1) is 28.4. The first-order chi connectivity index (χ1) is 16.5. The highest BCUT2D eigenvalue weighted by atomic mass is 32.2. The lowest BCUT2D eigenvalue weighted by Gasteiger charge is -2.25. The summed E-state index contributed by atoms with van der Waals surface area (Å²) < 4.78 is 5.20. The summed E-state index contributed by atoms with van der Waals surface area (Å²) in [6.45, 7) is 10.1. The standard InChI is InChI=1S/C27H37N3O4S/c1-19(2)14-23(30-26(33)34-17-21-12-9-13-28-16-21)25(32)29-22(15-20-10-7-6-8-11-20)24(31)18-35-27(3,4)5/h6-13,16,19,22-23H,14-15,17-18H2,1-5H3,(H,29,32)(H,30,33)/t22-,23-/m0/s1. The Morgan fingerprint density at radius 3 is 2.26 bits per heavy atom. The van der Waals surface area contributed by atoms with Gasteiger partial charge < -0.3 is 15.4 Å². The average molecular weight is 500 g/mol. The highest BCUT2D eigenvalue weighted by Crippen LogP contribution is 2.23. The van der Waals surface area contributed by atoms with E-state index in [1.54, 1.807) is 36.3 Å². The van der Waals surface area contributed by atoms with Gasteiger partial charge in [0.15, 0.2) is 5.78 Å². The number of benzene rings is 1. The molecule has 0 bridgehead atoms. The highest BCUT2D eigenvalue weighted by Gasteiger charge is 2.28. The number of hydrogen-bond donors (Lipinski definition) is 2. The Balaban J connectivity index is 2.08. The molecule has 0 radical (unpaired) electrons. The minimum atomic E-state index is -0.822. The van der Waals surface area contributed by atoms with Crippen LogP contribution in [0.5, 0.6) is 0 Å². The van der Waals surface area contributed by atoms with Crippen LogP contribution in [0, 0.1) is 5.92 Å². The van der Waals surface area contributed by atoms with Crippen molar-refractivity contribution in [1.29, 1.82) is 0 Å². The number of ketones is 1. The highest BCUT2D eigenvalue weighted by molar-refractivity contribution is 8.01. The summed E-state index contributed by atoms with van der Waals surface area (Å²) in [7, 11) is 0. The van der Waals surface area contributed by atoms with Crippen molar-refractivity contribution in [2.24, 2.45) is 5.92 Å². The Labute approximate surface area is 212 Å². The summed E-state index contributed by atoms with van der Waals surface area (Å²) in [6.07, 6.45) is 3.36. The third-order valence-electron chi connectivity index (χ3n) is 5.04. The van der Waals surface area contributed by atoms with E-state index < -0.39 is 24.1 Å². The van der Waals surface area contributed by atoms with Gasteiger partial charge in [-0.05, 0) is 30.4 Å². The molecule has 0 saturated carbocycles. The number of nitrogens with one attached hydrogen (secondary N) is 2. The van der Waals surface area contributed by atoms with Gasteiger partial charge in [-0.25, -0.2) is 4.79 Å². The zero-order valence-electron chi connectivity index (χ0n) is 21.2. The van der Waals surface area contributed by atoms with Gasteiger partial charge in [0.1, 0.15) is 12.6 Å². The average Bonchev–Trinajstić information content (AvgIpc) is 2.81. The maximum atomic E-state index is 13.2. The second-order valence-electron chi connectivity index (χ2n) is 9.88. The van der Waals surface area contributed by atoms with Crippen molar-refractivity contribution in [3.8, 4) is 0 Å². The van der Waals surface area contributed by atoms with E-state index in [2.05, 4.69) is 36.4 Å². The maximum absolute atomic E-state index is 13.2. The van der Waals surface area contributed by atoms with Gasteiger partial charge >= 0.3 is 6.09 Å². The van der Waals surface area contributed by atoms with Gasteiger partial charge in [-0.3, -0.25) is 14.6 Å². The Kier molecular flexibility index (Phi) is 11.2. The zero-order valence-corrected chi connectivity index (χ0v) is 22.1. The molecule has 2 atom stereocenters. The number of carbonyl (C=O) groups is 3. The number of rotatable bonds is 12. The van der Waals surface area contributed by atoms with Crippen molar-refractivity contribution in [1.82, 2.24) is 15.6 Å². The largest absolute Gasteiger partial charge is 0.445 e. The van der Waals surface area contributed by atoms with Crippen molar-refractivity contribution in [2.45, 2.75) is 70.9 Å². The Morgan fingerprint density at radius 2 is 1.66 bits per heavy atom. The van der Waals surface area contributed by atoms with Gasteiger partial charge in [-0.15, -0.1) is 11.8 Å². The van der Waals surface area contributed by atoms with E-state index in [1.807, 2.05) is 44.2 Å². The number of amides is 2. The number of nitrogens with zero attached hydrogens (tertiary/aromatic N) is 1. The third-order valence-corrected chi connectivity index (χ3v) is 6.34. The molecule has 0 aliphatic carbocycles. The van der Waals surface area contributed by atoms with E-state index in [4.69, 9.17) is 4.74 Å². The molecule has 190 valence electrons. The number of pyridine rings is 1. The predicted molar refractivity (Wildman–Crippen MR) is 140 cm³/mol. The molecule has 0 spiro atoms. The van der Waals surface area contributed by atoms with E-state index in [9.17, 15) is 14.4 Å². The van der Waals surface area contributed by atoms with Gasteiger partial charge in [0.25, 0.3) is 0 Å². The van der Waals surface area contributed by atoms with E-state index in [1.165, 1.54) is 0 Å². The van der Waals surface area contributed by atoms with Crippen LogP contribution in [0.1, 0.15) is 52.2 Å². The molecule has 1 heterocycles. The smallest absolute Gasteiger partial charge is 0.408 e. The van der Waals surface area contributed by atoms with Gasteiger partial charge in [0.05, 0.1) is 11.8 Å². The first-order valence-corrected chi connectivity index (χ1v) is 12.8. The molecule has 2 rings (SSSR count). The Morgan fingerprint density at radius 1 is 0.971 bits per heavy atom. The van der Waals surface area contributed by atoms with E-state index in [0.29, 0.717) is 12.8 Å². The number of hydrogen-bond acceptors (Lipinski definition) is 6. The maximum Gasteiger partial charge on any atom is 0.408 e. The van der Waals surface area contributed by atoms with Crippen LogP contribution in [-0.2, 0) is 27.4 Å². The SMILES string of the molecule is CC(C)C[C@H](NC(=O)OCc1cccnc1)C(=O)N[C@@H](Cc1ccccc1)C(=O)CSC(C)(C)C. The van der Waals surface area contributed by atoms with Crippen LogP contribution >= 0.6 is 11.8 Å². The summed E-state index contributed by atoms with van der Waals surface area (Å²) in [5.74, 6) is -0.0165. The van der Waals surface area contributed by atoms with Crippen LogP contribution in [0.2, 0.25) is 0 Å². The van der Waals surface area contributed by atoms with Crippen LogP contribution in [0.25, 0.3) is 0 Å². The summed E-state index contributed by atoms with van der Waals surface area (Å²) in [5, 5.41) is 5.58. The second kappa shape index (κ2) is 13.9. The molecule has 8 heteroatoms. The molecular weight excluding hydrogens is 462 g/mol. The zero-order chi connectivity index (χ0) is 25.8. The molecule has 0 fully saturated rings. The third kappa shape index (κ3) is 11.4. The molecule has 2 N–H and O–H groups in total. The van der Waals surface area contributed by atoms with Gasteiger partial charge in [-0.2, -0.15) is 0 Å². The Hall–Kier alpha value is -2.87. The van der Waals surface area contributed by atoms with Crippen LogP contribution < -0.4 is 10.6 Å². The topological polar surface area (TPSA) is 97.4 Å². The van der Waals surface area contributed by atoms with Crippen molar-refractivity contribution in [3.63, 3.8) is 0 Å². The fourth-order valence-corrected chi connectivity index (χ4v) is 4.05. The number of Topliss-reactive ketones (excluding diaryl/α,β-unsaturated/α-hetero) is 1. The van der Waals surface area contributed by atoms with E-state index >= 15 is 0 Å². The summed E-state index contributed by atoms with van der Waals surface area (Å²) in [6, 6.07) is 11.6. The van der Waals surface area contributed by atoms with Crippen LogP contribution in [0.15, 0.2) is 54.9 Å². The number of carbonyl (C=O) groups excluding carboxylic acids is 3. The molecule has 7 nitrogen and oxygen atoms in total. The molecule has 0 aliphatic rings. The van der Waals surface area contributed by atoms with Crippen molar-refractivity contribution >= 4 is 29.5 Å². The molecule has 0 unspecified atom stereocenters. The fourth-order valence-electron chi connectivity index (χ4n) is 3.27. The molecule has 2 aromatic rings.